The van der Waals surface area contributed by atoms with Crippen LogP contribution < -0.4 is 0 Å². The van der Waals surface area contributed by atoms with Gasteiger partial charge in [-0.25, -0.2) is 0 Å². The lowest BCUT2D eigenvalue weighted by Gasteiger charge is -2.32. The zero-order valence-corrected chi connectivity index (χ0v) is 7.71. The van der Waals surface area contributed by atoms with Crippen LogP contribution in [-0.2, 0) is 0 Å². The summed E-state index contributed by atoms with van der Waals surface area (Å²) >= 11 is 0. The fourth-order valence-electron chi connectivity index (χ4n) is 2.34. The molecule has 0 aromatic rings. The summed E-state index contributed by atoms with van der Waals surface area (Å²) in [5.74, 6) is 2.14. The molecule has 1 N–H and O–H groups in total. The van der Waals surface area contributed by atoms with Crippen LogP contribution in [0, 0.1) is 17.8 Å². The second-order valence-electron chi connectivity index (χ2n) is 4.13. The summed E-state index contributed by atoms with van der Waals surface area (Å²) in [5, 5.41) is 9.11. The van der Waals surface area contributed by atoms with Crippen molar-refractivity contribution in [3.63, 3.8) is 0 Å². The highest BCUT2D eigenvalue weighted by atomic mass is 16.3. The third-order valence-electron chi connectivity index (χ3n) is 3.06. The second kappa shape index (κ2) is 4.10. The maximum atomic E-state index is 9.11. The van der Waals surface area contributed by atoms with Gasteiger partial charge >= 0.3 is 0 Å². The molecule has 0 bridgehead atoms. The maximum absolute atomic E-state index is 9.11. The van der Waals surface area contributed by atoms with Crippen LogP contribution in [0.2, 0.25) is 0 Å². The molecule has 0 radical (unpaired) electrons. The molecule has 0 spiro atoms. The Morgan fingerprint density at radius 3 is 2.36 bits per heavy atom. The highest BCUT2D eigenvalue weighted by Gasteiger charge is 2.26. The van der Waals surface area contributed by atoms with E-state index in [1.165, 1.54) is 25.7 Å². The van der Waals surface area contributed by atoms with E-state index in [9.17, 15) is 0 Å². The van der Waals surface area contributed by atoms with Gasteiger partial charge in [-0.2, -0.15) is 0 Å². The third kappa shape index (κ3) is 2.19. The van der Waals surface area contributed by atoms with E-state index in [2.05, 4.69) is 13.8 Å². The van der Waals surface area contributed by atoms with Crippen LogP contribution in [-0.4, -0.2) is 11.7 Å². The Bertz CT molecular complexity index is 109. The molecule has 66 valence electrons. The van der Waals surface area contributed by atoms with Crippen molar-refractivity contribution >= 4 is 0 Å². The lowest BCUT2D eigenvalue weighted by Crippen LogP contribution is -2.26. The van der Waals surface area contributed by atoms with Crippen LogP contribution in [0.15, 0.2) is 0 Å². The van der Waals surface area contributed by atoms with Crippen molar-refractivity contribution < 1.29 is 5.11 Å². The lowest BCUT2D eigenvalue weighted by molar-refractivity contribution is 0.106. The number of hydrogen-bond donors (Lipinski definition) is 1. The Labute approximate surface area is 69.8 Å². The van der Waals surface area contributed by atoms with Gasteiger partial charge in [0, 0.05) is 6.61 Å². The molecule has 0 heterocycles. The van der Waals surface area contributed by atoms with E-state index in [0.29, 0.717) is 12.5 Å². The van der Waals surface area contributed by atoms with Gasteiger partial charge in [0.2, 0.25) is 0 Å². The minimum atomic E-state index is 0.406. The van der Waals surface area contributed by atoms with E-state index in [1.54, 1.807) is 0 Å². The number of aliphatic hydroxyl groups is 1. The topological polar surface area (TPSA) is 20.2 Å². The van der Waals surface area contributed by atoms with E-state index in [-0.39, 0.29) is 0 Å². The fourth-order valence-corrected chi connectivity index (χ4v) is 2.34. The largest absolute Gasteiger partial charge is 0.396 e. The molecular weight excluding hydrogens is 136 g/mol. The molecule has 11 heavy (non-hydrogen) atoms. The first-order valence-electron chi connectivity index (χ1n) is 4.86. The van der Waals surface area contributed by atoms with Crippen molar-refractivity contribution in [1.29, 1.82) is 0 Å². The number of hydrogen-bond acceptors (Lipinski definition) is 1. The molecule has 0 aromatic heterocycles. The quantitative estimate of drug-likeness (QED) is 0.651. The summed E-state index contributed by atoms with van der Waals surface area (Å²) in [4.78, 5) is 0. The Balaban J connectivity index is 2.44. The van der Waals surface area contributed by atoms with E-state index in [1.807, 2.05) is 0 Å². The zero-order chi connectivity index (χ0) is 8.27. The van der Waals surface area contributed by atoms with Gasteiger partial charge in [-0.3, -0.25) is 0 Å². The summed E-state index contributed by atoms with van der Waals surface area (Å²) < 4.78 is 0. The Kier molecular flexibility index (Phi) is 3.38. The van der Waals surface area contributed by atoms with Crippen molar-refractivity contribution in [2.75, 3.05) is 6.61 Å². The predicted octanol–water partition coefficient (Wildman–Crippen LogP) is 2.44. The van der Waals surface area contributed by atoms with Crippen LogP contribution in [0.1, 0.15) is 39.5 Å². The molecule has 2 atom stereocenters. The highest BCUT2D eigenvalue weighted by molar-refractivity contribution is 4.76. The molecular formula is C10H20O. The molecule has 0 aliphatic heterocycles. The summed E-state index contributed by atoms with van der Waals surface area (Å²) in [7, 11) is 0. The molecule has 1 rings (SSSR count). The minimum Gasteiger partial charge on any atom is -0.396 e. The lowest BCUT2D eigenvalue weighted by atomic mass is 9.74. The van der Waals surface area contributed by atoms with Crippen molar-refractivity contribution in [3.8, 4) is 0 Å². The number of rotatable bonds is 2. The molecule has 1 fully saturated rings. The number of aliphatic hydroxyl groups excluding tert-OH is 1. The molecule has 1 aliphatic rings. The van der Waals surface area contributed by atoms with Crippen molar-refractivity contribution in [2.24, 2.45) is 17.8 Å². The van der Waals surface area contributed by atoms with E-state index in [4.69, 9.17) is 5.11 Å². The first kappa shape index (κ1) is 9.05. The van der Waals surface area contributed by atoms with Crippen molar-refractivity contribution in [1.82, 2.24) is 0 Å². The maximum Gasteiger partial charge on any atom is 0.0462 e. The van der Waals surface area contributed by atoms with Crippen LogP contribution in [0.3, 0.4) is 0 Å². The Hall–Kier alpha value is -0.0400. The van der Waals surface area contributed by atoms with Crippen LogP contribution >= 0.6 is 0 Å². The standard InChI is InChI=1S/C10H20O/c1-8(2)10-6-4-3-5-9(10)7-11/h8-11H,3-7H2,1-2H3. The third-order valence-corrected chi connectivity index (χ3v) is 3.06. The molecule has 0 amide bonds. The minimum absolute atomic E-state index is 0.406. The molecule has 1 heteroatoms. The van der Waals surface area contributed by atoms with Gasteiger partial charge < -0.3 is 5.11 Å². The molecule has 1 saturated carbocycles. The summed E-state index contributed by atoms with van der Waals surface area (Å²) in [6.45, 7) is 4.96. The van der Waals surface area contributed by atoms with Gasteiger partial charge in [-0.05, 0) is 30.6 Å². The molecule has 1 nitrogen and oxygen atoms in total. The average molecular weight is 156 g/mol. The fraction of sp³-hybridized carbons (Fsp3) is 1.00. The van der Waals surface area contributed by atoms with Gasteiger partial charge in [0.1, 0.15) is 0 Å². The molecule has 0 saturated heterocycles. The van der Waals surface area contributed by atoms with Crippen molar-refractivity contribution in [3.05, 3.63) is 0 Å². The van der Waals surface area contributed by atoms with Crippen LogP contribution in [0.5, 0.6) is 0 Å². The van der Waals surface area contributed by atoms with Gasteiger partial charge in [-0.15, -0.1) is 0 Å². The first-order chi connectivity index (χ1) is 5.25. The van der Waals surface area contributed by atoms with E-state index < -0.39 is 0 Å². The highest BCUT2D eigenvalue weighted by Crippen LogP contribution is 2.34. The molecule has 0 aromatic carbocycles. The van der Waals surface area contributed by atoms with Crippen LogP contribution in [0.25, 0.3) is 0 Å². The zero-order valence-electron chi connectivity index (χ0n) is 7.71. The normalized spacial score (nSPS) is 32.7. The Morgan fingerprint density at radius 1 is 1.27 bits per heavy atom. The summed E-state index contributed by atoms with van der Waals surface area (Å²) in [5.41, 5.74) is 0. The van der Waals surface area contributed by atoms with E-state index in [0.717, 1.165) is 11.8 Å². The summed E-state index contributed by atoms with van der Waals surface area (Å²) in [6, 6.07) is 0. The Morgan fingerprint density at radius 2 is 1.91 bits per heavy atom. The molecule has 1 aliphatic carbocycles. The summed E-state index contributed by atoms with van der Waals surface area (Å²) in [6.07, 6.45) is 5.29. The van der Waals surface area contributed by atoms with Gasteiger partial charge in [0.15, 0.2) is 0 Å². The van der Waals surface area contributed by atoms with Gasteiger partial charge in [-0.1, -0.05) is 26.7 Å². The van der Waals surface area contributed by atoms with Crippen LogP contribution in [0.4, 0.5) is 0 Å². The van der Waals surface area contributed by atoms with Crippen molar-refractivity contribution in [2.45, 2.75) is 39.5 Å². The monoisotopic (exact) mass is 156 g/mol. The average Bonchev–Trinajstić information content (AvgIpc) is 2.04. The SMILES string of the molecule is CC(C)C1CCCCC1CO. The second-order valence-corrected chi connectivity index (χ2v) is 4.13. The van der Waals surface area contributed by atoms with Gasteiger partial charge in [0.05, 0.1) is 0 Å². The van der Waals surface area contributed by atoms with E-state index >= 15 is 0 Å². The predicted molar refractivity (Wildman–Crippen MR) is 47.4 cm³/mol. The smallest absolute Gasteiger partial charge is 0.0462 e. The van der Waals surface area contributed by atoms with Gasteiger partial charge in [0.25, 0.3) is 0 Å². The first-order valence-corrected chi connectivity index (χ1v) is 4.86. The molecule has 2 unspecified atom stereocenters.